The third kappa shape index (κ3) is 2.79. The predicted molar refractivity (Wildman–Crippen MR) is 111 cm³/mol. The Kier molecular flexibility index (Phi) is 3.94. The van der Waals surface area contributed by atoms with E-state index in [1.165, 1.54) is 10.5 Å². The number of benzene rings is 1. The van der Waals surface area contributed by atoms with E-state index in [1.807, 2.05) is 16.7 Å². The summed E-state index contributed by atoms with van der Waals surface area (Å²) in [5.41, 5.74) is 11.0. The number of nitrogen functional groups attached to an aromatic ring is 1. The molecule has 1 aliphatic rings. The van der Waals surface area contributed by atoms with Crippen LogP contribution in [0.4, 0.5) is 10.6 Å². The van der Waals surface area contributed by atoms with Gasteiger partial charge >= 0.3 is 6.09 Å². The van der Waals surface area contributed by atoms with E-state index in [9.17, 15) is 9.90 Å². The number of piperidine rings is 1. The van der Waals surface area contributed by atoms with Crippen LogP contribution in [0.3, 0.4) is 0 Å². The number of hydrogen-bond donors (Lipinski definition) is 3. The van der Waals surface area contributed by atoms with E-state index in [4.69, 9.17) is 10.7 Å². The van der Waals surface area contributed by atoms with E-state index >= 15 is 0 Å². The molecule has 4 N–H and O–H groups in total. The summed E-state index contributed by atoms with van der Waals surface area (Å²) in [7, 11) is 0. The highest BCUT2D eigenvalue weighted by Gasteiger charge is 2.28. The number of fused-ring (bicyclic) bond motifs is 2. The fourth-order valence-corrected chi connectivity index (χ4v) is 4.33. The molecule has 5 rings (SSSR count). The minimum absolute atomic E-state index is 0.166. The molecule has 1 aromatic carbocycles. The number of rotatable bonds is 2. The zero-order valence-corrected chi connectivity index (χ0v) is 16.1. The number of aryl methyl sites for hydroxylation is 1. The molecule has 0 radical (unpaired) electrons. The molecule has 0 bridgehead atoms. The monoisotopic (exact) mass is 390 g/mol. The van der Waals surface area contributed by atoms with Crippen molar-refractivity contribution < 1.29 is 9.90 Å². The highest BCUT2D eigenvalue weighted by molar-refractivity contribution is 5.92. The summed E-state index contributed by atoms with van der Waals surface area (Å²) in [6.45, 7) is 3.10. The van der Waals surface area contributed by atoms with Gasteiger partial charge in [0, 0.05) is 42.3 Å². The molecule has 1 fully saturated rings. The number of carboxylic acid groups (broad SMARTS) is 1. The first-order valence-electron chi connectivity index (χ1n) is 9.72. The second-order valence-electron chi connectivity index (χ2n) is 7.62. The summed E-state index contributed by atoms with van der Waals surface area (Å²) in [4.78, 5) is 25.4. The molecule has 1 saturated heterocycles. The Morgan fingerprint density at radius 2 is 2.10 bits per heavy atom. The van der Waals surface area contributed by atoms with Crippen LogP contribution in [0, 0.1) is 6.92 Å². The van der Waals surface area contributed by atoms with Gasteiger partial charge in [-0.05, 0) is 31.4 Å². The minimum atomic E-state index is -0.862. The van der Waals surface area contributed by atoms with E-state index in [1.54, 1.807) is 6.20 Å². The number of imidazole rings is 1. The molecule has 148 valence electrons. The maximum atomic E-state index is 11.2. The standard InChI is InChI=1S/C21H22N6O2/c1-12-3-2-4-14-11-15(24-16(12)14)17-18-19(22)23-7-10-27(18)20(25-17)13-5-8-26(9-6-13)21(28)29/h2-4,7,10-11,13,24H,5-6,8-9H2,1H3,(H2,22,23)(H,28,29). The minimum Gasteiger partial charge on any atom is -0.465 e. The summed E-state index contributed by atoms with van der Waals surface area (Å²) in [5, 5.41) is 10.3. The third-order valence-corrected chi connectivity index (χ3v) is 5.86. The maximum absolute atomic E-state index is 11.2. The Bertz CT molecular complexity index is 1230. The molecule has 4 heterocycles. The first-order chi connectivity index (χ1) is 14.0. The highest BCUT2D eigenvalue weighted by atomic mass is 16.4. The summed E-state index contributed by atoms with van der Waals surface area (Å²) in [6.07, 6.45) is 4.17. The number of aromatic nitrogens is 4. The quantitative estimate of drug-likeness (QED) is 0.484. The van der Waals surface area contributed by atoms with Gasteiger partial charge in [-0.15, -0.1) is 0 Å². The van der Waals surface area contributed by atoms with E-state index in [0.717, 1.165) is 46.5 Å². The molecule has 0 spiro atoms. The molecule has 8 heteroatoms. The molecule has 0 unspecified atom stereocenters. The Labute approximate surface area is 167 Å². The van der Waals surface area contributed by atoms with Crippen LogP contribution in [0.5, 0.6) is 0 Å². The molecule has 0 atom stereocenters. The lowest BCUT2D eigenvalue weighted by Crippen LogP contribution is -2.37. The van der Waals surface area contributed by atoms with Gasteiger partial charge in [0.25, 0.3) is 0 Å². The predicted octanol–water partition coefficient (Wildman–Crippen LogP) is 3.63. The zero-order chi connectivity index (χ0) is 20.1. The van der Waals surface area contributed by atoms with Crippen molar-refractivity contribution >= 4 is 28.3 Å². The fraction of sp³-hybridized carbons (Fsp3) is 0.286. The van der Waals surface area contributed by atoms with Crippen LogP contribution < -0.4 is 5.73 Å². The van der Waals surface area contributed by atoms with Crippen molar-refractivity contribution in [2.24, 2.45) is 0 Å². The normalized spacial score (nSPS) is 15.4. The maximum Gasteiger partial charge on any atom is 0.407 e. The second kappa shape index (κ2) is 6.51. The second-order valence-corrected chi connectivity index (χ2v) is 7.62. The Morgan fingerprint density at radius 1 is 1.31 bits per heavy atom. The number of H-pyrrole nitrogens is 1. The van der Waals surface area contributed by atoms with Gasteiger partial charge in [0.1, 0.15) is 22.9 Å². The summed E-state index contributed by atoms with van der Waals surface area (Å²) in [6, 6.07) is 8.28. The van der Waals surface area contributed by atoms with Crippen LogP contribution in [0.25, 0.3) is 27.8 Å². The van der Waals surface area contributed by atoms with Crippen LogP contribution in [0.1, 0.15) is 30.1 Å². The highest BCUT2D eigenvalue weighted by Crippen LogP contribution is 2.35. The van der Waals surface area contributed by atoms with Crippen molar-refractivity contribution in [3.63, 3.8) is 0 Å². The number of carbonyl (C=O) groups is 1. The number of nitrogens with zero attached hydrogens (tertiary/aromatic N) is 4. The number of hydrogen-bond acceptors (Lipinski definition) is 4. The van der Waals surface area contributed by atoms with Crippen molar-refractivity contribution in [3.05, 3.63) is 48.0 Å². The Balaban J connectivity index is 1.63. The number of anilines is 1. The Morgan fingerprint density at radius 3 is 2.83 bits per heavy atom. The van der Waals surface area contributed by atoms with Gasteiger partial charge in [-0.1, -0.05) is 18.2 Å². The summed E-state index contributed by atoms with van der Waals surface area (Å²) in [5.74, 6) is 1.50. The Hall–Kier alpha value is -3.55. The number of para-hydroxylation sites is 1. The lowest BCUT2D eigenvalue weighted by atomic mass is 9.96. The number of amides is 1. The van der Waals surface area contributed by atoms with Crippen LogP contribution in [0.15, 0.2) is 36.7 Å². The molecular weight excluding hydrogens is 368 g/mol. The molecule has 0 saturated carbocycles. The average molecular weight is 390 g/mol. The van der Waals surface area contributed by atoms with Gasteiger partial charge in [-0.3, -0.25) is 4.40 Å². The van der Waals surface area contributed by atoms with Crippen LogP contribution in [-0.4, -0.2) is 48.5 Å². The van der Waals surface area contributed by atoms with Gasteiger partial charge in [-0.2, -0.15) is 0 Å². The van der Waals surface area contributed by atoms with E-state index in [2.05, 4.69) is 35.1 Å². The van der Waals surface area contributed by atoms with Gasteiger partial charge in [0.2, 0.25) is 0 Å². The number of nitrogens with one attached hydrogen (secondary N) is 1. The van der Waals surface area contributed by atoms with Crippen LogP contribution in [-0.2, 0) is 0 Å². The molecule has 29 heavy (non-hydrogen) atoms. The van der Waals surface area contributed by atoms with Crippen molar-refractivity contribution in [1.29, 1.82) is 0 Å². The van der Waals surface area contributed by atoms with Crippen molar-refractivity contribution in [1.82, 2.24) is 24.3 Å². The van der Waals surface area contributed by atoms with Crippen molar-refractivity contribution in [2.75, 3.05) is 18.8 Å². The SMILES string of the molecule is Cc1cccc2cc(-c3nc(C4CCN(C(=O)O)CC4)n4ccnc(N)c34)[nH]c12. The van der Waals surface area contributed by atoms with Gasteiger partial charge in [0.15, 0.2) is 0 Å². The number of aromatic amines is 1. The average Bonchev–Trinajstić information content (AvgIpc) is 3.31. The smallest absolute Gasteiger partial charge is 0.407 e. The van der Waals surface area contributed by atoms with E-state index in [-0.39, 0.29) is 5.92 Å². The molecule has 3 aromatic heterocycles. The summed E-state index contributed by atoms with van der Waals surface area (Å²) >= 11 is 0. The fourth-order valence-electron chi connectivity index (χ4n) is 4.33. The lowest BCUT2D eigenvalue weighted by Gasteiger charge is -2.29. The molecule has 4 aromatic rings. The first kappa shape index (κ1) is 17.5. The van der Waals surface area contributed by atoms with Gasteiger partial charge in [-0.25, -0.2) is 14.8 Å². The number of nitrogens with two attached hydrogens (primary N) is 1. The largest absolute Gasteiger partial charge is 0.465 e. The third-order valence-electron chi connectivity index (χ3n) is 5.86. The molecule has 0 aliphatic carbocycles. The van der Waals surface area contributed by atoms with E-state index in [0.29, 0.717) is 18.9 Å². The van der Waals surface area contributed by atoms with Gasteiger partial charge < -0.3 is 20.7 Å². The van der Waals surface area contributed by atoms with E-state index < -0.39 is 6.09 Å². The van der Waals surface area contributed by atoms with Crippen molar-refractivity contribution in [3.8, 4) is 11.4 Å². The molecule has 8 nitrogen and oxygen atoms in total. The topological polar surface area (TPSA) is 113 Å². The lowest BCUT2D eigenvalue weighted by molar-refractivity contribution is 0.131. The number of likely N-dealkylation sites (tertiary alicyclic amines) is 1. The zero-order valence-electron chi connectivity index (χ0n) is 16.1. The van der Waals surface area contributed by atoms with Crippen LogP contribution in [0.2, 0.25) is 0 Å². The first-order valence-corrected chi connectivity index (χ1v) is 9.72. The van der Waals surface area contributed by atoms with Crippen molar-refractivity contribution in [2.45, 2.75) is 25.7 Å². The molecular formula is C21H22N6O2. The summed E-state index contributed by atoms with van der Waals surface area (Å²) < 4.78 is 2.01. The molecule has 1 amide bonds. The van der Waals surface area contributed by atoms with Crippen LogP contribution >= 0.6 is 0 Å². The van der Waals surface area contributed by atoms with Gasteiger partial charge in [0.05, 0.1) is 5.69 Å². The molecule has 1 aliphatic heterocycles.